The summed E-state index contributed by atoms with van der Waals surface area (Å²) < 4.78 is 0. The fourth-order valence-corrected chi connectivity index (χ4v) is 2.72. The minimum Gasteiger partial charge on any atom is -0.399 e. The molecule has 0 amide bonds. The van der Waals surface area contributed by atoms with Crippen molar-refractivity contribution in [3.05, 3.63) is 47.8 Å². The third-order valence-corrected chi connectivity index (χ3v) is 4.08. The Kier molecular flexibility index (Phi) is 3.65. The monoisotopic (exact) mass is 270 g/mol. The number of nitrogens with zero attached hydrogens (tertiary/aromatic N) is 2. The SMILES string of the molecule is Cc1cc[nH]c1CN1CCN(c2ccc(N)cc2)CC1. The first-order valence-electron chi connectivity index (χ1n) is 7.18. The van der Waals surface area contributed by atoms with Gasteiger partial charge in [-0.05, 0) is 42.8 Å². The van der Waals surface area contributed by atoms with Crippen molar-refractivity contribution >= 4 is 11.4 Å². The molecular weight excluding hydrogens is 248 g/mol. The first kappa shape index (κ1) is 13.1. The number of benzene rings is 1. The summed E-state index contributed by atoms with van der Waals surface area (Å²) in [6.45, 7) is 7.53. The molecule has 0 atom stereocenters. The molecule has 0 bridgehead atoms. The first-order chi connectivity index (χ1) is 9.72. The fraction of sp³-hybridized carbons (Fsp3) is 0.375. The number of nitrogens with one attached hydrogen (secondary N) is 1. The predicted molar refractivity (Wildman–Crippen MR) is 83.9 cm³/mol. The summed E-state index contributed by atoms with van der Waals surface area (Å²) in [5, 5.41) is 0. The molecule has 1 aromatic heterocycles. The van der Waals surface area contributed by atoms with Gasteiger partial charge in [-0.15, -0.1) is 0 Å². The van der Waals surface area contributed by atoms with E-state index in [0.29, 0.717) is 0 Å². The average Bonchev–Trinajstić information content (AvgIpc) is 2.86. The second-order valence-corrected chi connectivity index (χ2v) is 5.49. The Morgan fingerprint density at radius 3 is 2.35 bits per heavy atom. The first-order valence-corrected chi connectivity index (χ1v) is 7.18. The quantitative estimate of drug-likeness (QED) is 0.841. The number of piperazine rings is 1. The normalized spacial score (nSPS) is 16.6. The number of rotatable bonds is 3. The molecule has 2 heterocycles. The average molecular weight is 270 g/mol. The van der Waals surface area contributed by atoms with Crippen molar-refractivity contribution in [2.24, 2.45) is 0 Å². The number of hydrogen-bond donors (Lipinski definition) is 2. The predicted octanol–water partition coefficient (Wildman–Crippen LogP) is 2.23. The van der Waals surface area contributed by atoms with Crippen LogP contribution in [0.15, 0.2) is 36.5 Å². The summed E-state index contributed by atoms with van der Waals surface area (Å²) in [7, 11) is 0. The molecule has 0 saturated carbocycles. The van der Waals surface area contributed by atoms with Gasteiger partial charge in [0, 0.05) is 56.0 Å². The number of aryl methyl sites for hydroxylation is 1. The second-order valence-electron chi connectivity index (χ2n) is 5.49. The van der Waals surface area contributed by atoms with Gasteiger partial charge in [0.1, 0.15) is 0 Å². The summed E-state index contributed by atoms with van der Waals surface area (Å²) >= 11 is 0. The van der Waals surface area contributed by atoms with Crippen molar-refractivity contribution in [2.45, 2.75) is 13.5 Å². The van der Waals surface area contributed by atoms with Crippen LogP contribution in [0, 0.1) is 6.92 Å². The molecule has 0 unspecified atom stereocenters. The Morgan fingerprint density at radius 1 is 1.05 bits per heavy atom. The summed E-state index contributed by atoms with van der Waals surface area (Å²) in [4.78, 5) is 8.27. The summed E-state index contributed by atoms with van der Waals surface area (Å²) in [6, 6.07) is 10.3. The summed E-state index contributed by atoms with van der Waals surface area (Å²) in [6.07, 6.45) is 2.02. The molecule has 0 aliphatic carbocycles. The lowest BCUT2D eigenvalue weighted by Gasteiger charge is -2.36. The minimum atomic E-state index is 0.828. The van der Waals surface area contributed by atoms with E-state index in [4.69, 9.17) is 5.73 Å². The maximum atomic E-state index is 5.74. The van der Waals surface area contributed by atoms with Crippen LogP contribution in [0.2, 0.25) is 0 Å². The third kappa shape index (κ3) is 2.80. The van der Waals surface area contributed by atoms with Crippen LogP contribution >= 0.6 is 0 Å². The van der Waals surface area contributed by atoms with Gasteiger partial charge < -0.3 is 15.6 Å². The Bertz CT molecular complexity index is 550. The van der Waals surface area contributed by atoms with Gasteiger partial charge in [-0.3, -0.25) is 4.90 Å². The van der Waals surface area contributed by atoms with E-state index in [1.807, 2.05) is 18.3 Å². The standard InChI is InChI=1S/C16H22N4/c1-13-6-7-18-16(13)12-19-8-10-20(11-9-19)15-4-2-14(17)3-5-15/h2-7,18H,8-12,17H2,1H3. The van der Waals surface area contributed by atoms with Crippen molar-refractivity contribution in [2.75, 3.05) is 36.8 Å². The van der Waals surface area contributed by atoms with Gasteiger partial charge in [0.2, 0.25) is 0 Å². The third-order valence-electron chi connectivity index (χ3n) is 4.08. The lowest BCUT2D eigenvalue weighted by atomic mass is 10.2. The Balaban J connectivity index is 1.57. The van der Waals surface area contributed by atoms with E-state index in [1.54, 1.807) is 0 Å². The largest absolute Gasteiger partial charge is 0.399 e. The van der Waals surface area contributed by atoms with Crippen LogP contribution in [0.3, 0.4) is 0 Å². The van der Waals surface area contributed by atoms with Crippen molar-refractivity contribution in [1.29, 1.82) is 0 Å². The van der Waals surface area contributed by atoms with Crippen LogP contribution in [0.4, 0.5) is 11.4 Å². The molecule has 1 aliphatic heterocycles. The molecule has 1 aliphatic rings. The molecule has 4 nitrogen and oxygen atoms in total. The van der Waals surface area contributed by atoms with Crippen LogP contribution < -0.4 is 10.6 Å². The van der Waals surface area contributed by atoms with Crippen molar-refractivity contribution in [3.8, 4) is 0 Å². The summed E-state index contributed by atoms with van der Waals surface area (Å²) in [5.41, 5.74) is 10.5. The highest BCUT2D eigenvalue weighted by Gasteiger charge is 2.17. The number of aromatic nitrogens is 1. The molecule has 106 valence electrons. The topological polar surface area (TPSA) is 48.3 Å². The van der Waals surface area contributed by atoms with Gasteiger partial charge in [-0.1, -0.05) is 0 Å². The molecule has 0 radical (unpaired) electrons. The zero-order valence-corrected chi connectivity index (χ0v) is 12.0. The van der Waals surface area contributed by atoms with Crippen LogP contribution in [-0.4, -0.2) is 36.1 Å². The fourth-order valence-electron chi connectivity index (χ4n) is 2.72. The zero-order chi connectivity index (χ0) is 13.9. The molecule has 1 saturated heterocycles. The maximum Gasteiger partial charge on any atom is 0.0389 e. The molecule has 1 aromatic carbocycles. The molecule has 0 spiro atoms. The molecular formula is C16H22N4. The van der Waals surface area contributed by atoms with Gasteiger partial charge in [-0.25, -0.2) is 0 Å². The number of nitrogen functional groups attached to an aromatic ring is 1. The maximum absolute atomic E-state index is 5.74. The highest BCUT2D eigenvalue weighted by atomic mass is 15.3. The van der Waals surface area contributed by atoms with Gasteiger partial charge in [0.15, 0.2) is 0 Å². The van der Waals surface area contributed by atoms with Crippen LogP contribution in [0.1, 0.15) is 11.3 Å². The van der Waals surface area contributed by atoms with Crippen molar-refractivity contribution in [1.82, 2.24) is 9.88 Å². The molecule has 3 N–H and O–H groups in total. The van der Waals surface area contributed by atoms with Gasteiger partial charge in [0.25, 0.3) is 0 Å². The van der Waals surface area contributed by atoms with E-state index in [9.17, 15) is 0 Å². The van der Waals surface area contributed by atoms with Crippen LogP contribution in [0.5, 0.6) is 0 Å². The zero-order valence-electron chi connectivity index (χ0n) is 12.0. The Hall–Kier alpha value is -1.94. The van der Waals surface area contributed by atoms with Gasteiger partial charge >= 0.3 is 0 Å². The molecule has 4 heteroatoms. The van der Waals surface area contributed by atoms with Gasteiger partial charge in [-0.2, -0.15) is 0 Å². The smallest absolute Gasteiger partial charge is 0.0389 e. The number of H-pyrrole nitrogens is 1. The van der Waals surface area contributed by atoms with E-state index in [0.717, 1.165) is 38.4 Å². The van der Waals surface area contributed by atoms with E-state index in [1.165, 1.54) is 16.9 Å². The highest BCUT2D eigenvalue weighted by molar-refractivity contribution is 5.53. The van der Waals surface area contributed by atoms with Crippen molar-refractivity contribution < 1.29 is 0 Å². The molecule has 20 heavy (non-hydrogen) atoms. The van der Waals surface area contributed by atoms with E-state index in [-0.39, 0.29) is 0 Å². The number of nitrogens with two attached hydrogens (primary N) is 1. The lowest BCUT2D eigenvalue weighted by molar-refractivity contribution is 0.247. The highest BCUT2D eigenvalue weighted by Crippen LogP contribution is 2.19. The van der Waals surface area contributed by atoms with Crippen LogP contribution in [0.25, 0.3) is 0 Å². The van der Waals surface area contributed by atoms with E-state index in [2.05, 4.69) is 39.9 Å². The second kappa shape index (κ2) is 5.59. The Labute approximate surface area is 120 Å². The number of aromatic amines is 1. The van der Waals surface area contributed by atoms with Crippen LogP contribution in [-0.2, 0) is 6.54 Å². The van der Waals surface area contributed by atoms with Gasteiger partial charge in [0.05, 0.1) is 0 Å². The Morgan fingerprint density at radius 2 is 1.75 bits per heavy atom. The molecule has 3 rings (SSSR count). The minimum absolute atomic E-state index is 0.828. The van der Waals surface area contributed by atoms with E-state index >= 15 is 0 Å². The lowest BCUT2D eigenvalue weighted by Crippen LogP contribution is -2.46. The van der Waals surface area contributed by atoms with E-state index < -0.39 is 0 Å². The summed E-state index contributed by atoms with van der Waals surface area (Å²) in [5.74, 6) is 0. The molecule has 2 aromatic rings. The number of anilines is 2. The van der Waals surface area contributed by atoms with Crippen molar-refractivity contribution in [3.63, 3.8) is 0 Å². The molecule has 1 fully saturated rings. The number of hydrogen-bond acceptors (Lipinski definition) is 3.